The molecule has 5 rings (SSSR count). The van der Waals surface area contributed by atoms with Crippen molar-refractivity contribution in [3.63, 3.8) is 0 Å². The van der Waals surface area contributed by atoms with Gasteiger partial charge in [-0.05, 0) is 57.4 Å². The maximum absolute atomic E-state index is 13.4. The topological polar surface area (TPSA) is 96.1 Å². The van der Waals surface area contributed by atoms with Crippen LogP contribution >= 0.6 is 0 Å². The first kappa shape index (κ1) is 26.2. The molecule has 3 aliphatic carbocycles. The first-order chi connectivity index (χ1) is 17.4. The van der Waals surface area contributed by atoms with Crippen molar-refractivity contribution in [1.82, 2.24) is 9.88 Å². The molecule has 1 aliphatic heterocycles. The number of carboxylic acids is 1. The zero-order valence-corrected chi connectivity index (χ0v) is 23.3. The van der Waals surface area contributed by atoms with Crippen molar-refractivity contribution in [3.05, 3.63) is 23.0 Å². The van der Waals surface area contributed by atoms with E-state index in [4.69, 9.17) is 9.98 Å². The molecule has 37 heavy (non-hydrogen) atoms. The Kier molecular flexibility index (Phi) is 6.86. The standard InChI is InChI=1S/C30H44N4O3/c1-18-22(26(35)31-21-13-20(14-21)27(36)37)15-24(34(18)17-19-9-7-6-8-10-19)23-16-25(30(5)11-12-30)33-28(32-23)29(2,3)4/h15,19-21,28H,6-14,16-17H2,1-5H3,(H,31,35)(H,36,37). The zero-order valence-electron chi connectivity index (χ0n) is 23.3. The highest BCUT2D eigenvalue weighted by Crippen LogP contribution is 2.49. The van der Waals surface area contributed by atoms with E-state index in [2.05, 4.69) is 50.6 Å². The number of amides is 1. The second-order valence-corrected chi connectivity index (χ2v) is 13.4. The van der Waals surface area contributed by atoms with E-state index < -0.39 is 5.97 Å². The zero-order chi connectivity index (χ0) is 26.5. The van der Waals surface area contributed by atoms with Crippen molar-refractivity contribution in [2.45, 2.75) is 118 Å². The Labute approximate surface area is 221 Å². The minimum atomic E-state index is -0.770. The number of aliphatic carboxylic acids is 1. The Hall–Kier alpha value is -2.44. The molecule has 1 amide bonds. The maximum atomic E-state index is 13.4. The van der Waals surface area contributed by atoms with Crippen molar-refractivity contribution < 1.29 is 14.7 Å². The Morgan fingerprint density at radius 3 is 2.41 bits per heavy atom. The summed E-state index contributed by atoms with van der Waals surface area (Å²) in [6.45, 7) is 11.9. The number of carboxylic acid groups (broad SMARTS) is 1. The van der Waals surface area contributed by atoms with Crippen molar-refractivity contribution in [1.29, 1.82) is 0 Å². The SMILES string of the molecule is Cc1c(C(=O)NC2CC(C(=O)O)C2)cc(C2=NC(C(C)(C)C)N=C(C3(C)CC3)C2)n1CC1CCCCC1. The van der Waals surface area contributed by atoms with E-state index in [0.717, 1.165) is 30.1 Å². The fourth-order valence-electron chi connectivity index (χ4n) is 6.14. The first-order valence-corrected chi connectivity index (χ1v) is 14.3. The summed E-state index contributed by atoms with van der Waals surface area (Å²) in [4.78, 5) is 35.0. The molecular weight excluding hydrogens is 464 g/mol. The molecule has 7 heteroatoms. The van der Waals surface area contributed by atoms with Crippen LogP contribution < -0.4 is 5.32 Å². The Morgan fingerprint density at radius 2 is 1.81 bits per heavy atom. The molecule has 1 aromatic rings. The van der Waals surface area contributed by atoms with Gasteiger partial charge in [-0.1, -0.05) is 47.0 Å². The predicted octanol–water partition coefficient (Wildman–Crippen LogP) is 5.78. The van der Waals surface area contributed by atoms with Crippen LogP contribution in [-0.4, -0.2) is 45.2 Å². The highest BCUT2D eigenvalue weighted by atomic mass is 16.4. The summed E-state index contributed by atoms with van der Waals surface area (Å²) in [5, 5.41) is 12.3. The van der Waals surface area contributed by atoms with Gasteiger partial charge in [-0.2, -0.15) is 0 Å². The molecule has 2 heterocycles. The van der Waals surface area contributed by atoms with Gasteiger partial charge in [-0.15, -0.1) is 0 Å². The fraction of sp³-hybridized carbons (Fsp3) is 0.733. The summed E-state index contributed by atoms with van der Waals surface area (Å²) in [6, 6.07) is 1.99. The summed E-state index contributed by atoms with van der Waals surface area (Å²) in [5.74, 6) is -0.589. The second kappa shape index (κ2) is 9.70. The van der Waals surface area contributed by atoms with E-state index in [-0.39, 0.29) is 34.9 Å². The van der Waals surface area contributed by atoms with E-state index in [1.54, 1.807) is 0 Å². The number of hydrogen-bond donors (Lipinski definition) is 2. The van der Waals surface area contributed by atoms with Gasteiger partial charge in [-0.25, -0.2) is 0 Å². The van der Waals surface area contributed by atoms with Crippen molar-refractivity contribution >= 4 is 23.3 Å². The van der Waals surface area contributed by atoms with Gasteiger partial charge in [0.15, 0.2) is 0 Å². The maximum Gasteiger partial charge on any atom is 0.306 e. The number of hydrogen-bond acceptors (Lipinski definition) is 4. The van der Waals surface area contributed by atoms with Crippen LogP contribution in [-0.2, 0) is 11.3 Å². The van der Waals surface area contributed by atoms with Crippen LogP contribution in [0, 0.1) is 29.6 Å². The highest BCUT2D eigenvalue weighted by molar-refractivity contribution is 6.16. The number of carbonyl (C=O) groups excluding carboxylic acids is 1. The van der Waals surface area contributed by atoms with Crippen LogP contribution in [0.4, 0.5) is 0 Å². The number of aromatic nitrogens is 1. The lowest BCUT2D eigenvalue weighted by Gasteiger charge is -2.32. The minimum Gasteiger partial charge on any atom is -0.481 e. The first-order valence-electron chi connectivity index (χ1n) is 14.3. The van der Waals surface area contributed by atoms with Crippen LogP contribution in [0.25, 0.3) is 0 Å². The molecule has 1 aromatic heterocycles. The molecule has 4 aliphatic rings. The number of carbonyl (C=O) groups is 2. The van der Waals surface area contributed by atoms with E-state index in [0.29, 0.717) is 24.3 Å². The molecule has 7 nitrogen and oxygen atoms in total. The lowest BCUT2D eigenvalue weighted by molar-refractivity contribution is -0.145. The highest BCUT2D eigenvalue weighted by Gasteiger charge is 2.45. The largest absolute Gasteiger partial charge is 0.481 e. The lowest BCUT2D eigenvalue weighted by Crippen LogP contribution is -2.46. The molecule has 3 saturated carbocycles. The number of aliphatic imine (C=N–C) groups is 2. The molecule has 0 aromatic carbocycles. The normalized spacial score (nSPS) is 27.6. The molecule has 202 valence electrons. The molecule has 0 spiro atoms. The molecular formula is C30H44N4O3. The molecule has 0 bridgehead atoms. The van der Waals surface area contributed by atoms with Crippen molar-refractivity contribution in [2.24, 2.45) is 32.7 Å². The van der Waals surface area contributed by atoms with Gasteiger partial charge < -0.3 is 15.0 Å². The third kappa shape index (κ3) is 5.42. The van der Waals surface area contributed by atoms with Gasteiger partial charge in [0.05, 0.1) is 22.9 Å². The average molecular weight is 509 g/mol. The summed E-state index contributed by atoms with van der Waals surface area (Å²) < 4.78 is 2.36. The summed E-state index contributed by atoms with van der Waals surface area (Å²) in [7, 11) is 0. The molecule has 0 radical (unpaired) electrons. The number of rotatable bonds is 7. The van der Waals surface area contributed by atoms with E-state index in [9.17, 15) is 14.7 Å². The Morgan fingerprint density at radius 1 is 1.14 bits per heavy atom. The monoisotopic (exact) mass is 508 g/mol. The van der Waals surface area contributed by atoms with Gasteiger partial charge in [0.1, 0.15) is 6.17 Å². The van der Waals surface area contributed by atoms with E-state index in [1.807, 2.05) is 0 Å². The van der Waals surface area contributed by atoms with Crippen molar-refractivity contribution in [3.8, 4) is 0 Å². The Bertz CT molecular complexity index is 1120. The van der Waals surface area contributed by atoms with Gasteiger partial charge in [0.25, 0.3) is 5.91 Å². The average Bonchev–Trinajstić information content (AvgIpc) is 3.50. The van der Waals surface area contributed by atoms with Crippen LogP contribution in [0.5, 0.6) is 0 Å². The minimum absolute atomic E-state index is 0.0658. The van der Waals surface area contributed by atoms with Crippen LogP contribution in [0.1, 0.15) is 114 Å². The van der Waals surface area contributed by atoms with Gasteiger partial charge in [0, 0.05) is 41.2 Å². The van der Waals surface area contributed by atoms with Crippen LogP contribution in [0.15, 0.2) is 16.1 Å². The predicted molar refractivity (Wildman–Crippen MR) is 147 cm³/mol. The smallest absolute Gasteiger partial charge is 0.306 e. The summed E-state index contributed by atoms with van der Waals surface area (Å²) >= 11 is 0. The van der Waals surface area contributed by atoms with Crippen molar-refractivity contribution in [2.75, 3.05) is 0 Å². The van der Waals surface area contributed by atoms with Gasteiger partial charge >= 0.3 is 5.97 Å². The lowest BCUT2D eigenvalue weighted by atomic mass is 9.80. The van der Waals surface area contributed by atoms with Crippen LogP contribution in [0.3, 0.4) is 0 Å². The van der Waals surface area contributed by atoms with Gasteiger partial charge in [-0.3, -0.25) is 19.6 Å². The van der Waals surface area contributed by atoms with Crippen LogP contribution in [0.2, 0.25) is 0 Å². The molecule has 1 atom stereocenters. The number of nitrogens with zero attached hydrogens (tertiary/aromatic N) is 3. The van der Waals surface area contributed by atoms with Gasteiger partial charge in [0.2, 0.25) is 0 Å². The quantitative estimate of drug-likeness (QED) is 0.489. The molecule has 3 fully saturated rings. The summed E-state index contributed by atoms with van der Waals surface area (Å²) in [6.07, 6.45) is 10.4. The Balaban J connectivity index is 1.47. The van der Waals surface area contributed by atoms with E-state index in [1.165, 1.54) is 50.7 Å². The molecule has 2 N–H and O–H groups in total. The number of nitrogens with one attached hydrogen (secondary N) is 1. The molecule has 0 saturated heterocycles. The van der Waals surface area contributed by atoms with E-state index >= 15 is 0 Å². The fourth-order valence-corrected chi connectivity index (χ4v) is 6.14. The molecule has 1 unspecified atom stereocenters. The summed E-state index contributed by atoms with van der Waals surface area (Å²) in [5.41, 5.74) is 5.18. The third-order valence-electron chi connectivity index (χ3n) is 9.26. The third-order valence-corrected chi connectivity index (χ3v) is 9.26. The second-order valence-electron chi connectivity index (χ2n) is 13.4.